The normalized spacial score (nSPS) is 9.64. The molecule has 0 spiro atoms. The van der Waals surface area contributed by atoms with Gasteiger partial charge in [0.15, 0.2) is 12.0 Å². The van der Waals surface area contributed by atoms with Crippen LogP contribution in [0, 0.1) is 5.82 Å². The number of hydrogen-bond acceptors (Lipinski definition) is 2. The van der Waals surface area contributed by atoms with E-state index in [1.54, 1.807) is 7.05 Å². The van der Waals surface area contributed by atoms with Gasteiger partial charge in [-0.15, -0.1) is 0 Å². The molecular formula is C7H6FNO2. The number of rotatable bonds is 1. The third-order valence-corrected chi connectivity index (χ3v) is 1.27. The Labute approximate surface area is 62.7 Å². The highest BCUT2D eigenvalue weighted by Crippen LogP contribution is 2.00. The summed E-state index contributed by atoms with van der Waals surface area (Å²) >= 11 is 0. The average molecular weight is 155 g/mol. The van der Waals surface area contributed by atoms with Crippen molar-refractivity contribution in [1.29, 1.82) is 0 Å². The Morgan fingerprint density at radius 3 is 2.82 bits per heavy atom. The van der Waals surface area contributed by atoms with E-state index < -0.39 is 17.3 Å². The van der Waals surface area contributed by atoms with Gasteiger partial charge in [0.25, 0.3) is 0 Å². The molecule has 1 heterocycles. The third-order valence-electron chi connectivity index (χ3n) is 1.27. The molecule has 0 aromatic carbocycles. The van der Waals surface area contributed by atoms with E-state index >= 15 is 0 Å². The Bertz CT molecular complexity index is 298. The highest BCUT2D eigenvalue weighted by molar-refractivity contribution is 5.85. The lowest BCUT2D eigenvalue weighted by molar-refractivity contribution is -0.673. The predicted octanol–water partition coefficient (Wildman–Crippen LogP) is -0.986. The van der Waals surface area contributed by atoms with Crippen LogP contribution in [0.25, 0.3) is 0 Å². The summed E-state index contributed by atoms with van der Waals surface area (Å²) in [6, 6.07) is 1.16. The highest BCUT2D eigenvalue weighted by Gasteiger charge is 2.05. The van der Waals surface area contributed by atoms with Crippen LogP contribution in [0.3, 0.4) is 0 Å². The maximum absolute atomic E-state index is 12.7. The molecule has 0 aliphatic carbocycles. The summed E-state index contributed by atoms with van der Waals surface area (Å²) in [5.74, 6) is -2.28. The number of nitrogens with zero attached hydrogens (tertiary/aromatic N) is 1. The quantitative estimate of drug-likeness (QED) is 0.489. The van der Waals surface area contributed by atoms with Gasteiger partial charge >= 0.3 is 0 Å². The van der Waals surface area contributed by atoms with Gasteiger partial charge in [-0.25, -0.2) is 4.57 Å². The molecule has 11 heavy (non-hydrogen) atoms. The number of aryl methyl sites for hydroxylation is 1. The van der Waals surface area contributed by atoms with Gasteiger partial charge in [-0.05, 0) is 0 Å². The number of aromatic nitrogens is 1. The summed E-state index contributed by atoms with van der Waals surface area (Å²) in [5, 5.41) is 10.2. The Morgan fingerprint density at radius 2 is 2.36 bits per heavy atom. The minimum atomic E-state index is -1.50. The van der Waals surface area contributed by atoms with Crippen molar-refractivity contribution < 1.29 is 18.9 Å². The van der Waals surface area contributed by atoms with Gasteiger partial charge in [-0.3, -0.25) is 0 Å². The molecule has 4 heteroatoms. The number of pyridine rings is 1. The molecule has 0 saturated carbocycles. The molecule has 0 aliphatic rings. The van der Waals surface area contributed by atoms with E-state index in [1.165, 1.54) is 10.8 Å². The molecule has 0 fully saturated rings. The lowest BCUT2D eigenvalue weighted by Gasteiger charge is -2.00. The number of hydrogen-bond donors (Lipinski definition) is 0. The smallest absolute Gasteiger partial charge is 0.205 e. The van der Waals surface area contributed by atoms with Crippen LogP contribution in [0.4, 0.5) is 4.39 Å². The van der Waals surface area contributed by atoms with Gasteiger partial charge in [-0.2, -0.15) is 4.39 Å². The predicted molar refractivity (Wildman–Crippen MR) is 31.9 cm³/mol. The van der Waals surface area contributed by atoms with Crippen molar-refractivity contribution >= 4 is 5.97 Å². The maximum Gasteiger partial charge on any atom is 0.205 e. The Hall–Kier alpha value is -1.45. The van der Waals surface area contributed by atoms with E-state index in [-0.39, 0.29) is 0 Å². The van der Waals surface area contributed by atoms with Gasteiger partial charge < -0.3 is 9.90 Å². The molecule has 0 radical (unpaired) electrons. The van der Waals surface area contributed by atoms with Crippen molar-refractivity contribution in [2.24, 2.45) is 7.05 Å². The van der Waals surface area contributed by atoms with Crippen molar-refractivity contribution in [3.63, 3.8) is 0 Å². The summed E-state index contributed by atoms with van der Waals surface area (Å²) in [6.45, 7) is 0. The van der Waals surface area contributed by atoms with Gasteiger partial charge in [0.05, 0.1) is 5.97 Å². The molecule has 58 valence electrons. The first-order chi connectivity index (χ1) is 5.11. The van der Waals surface area contributed by atoms with Crippen molar-refractivity contribution in [2.45, 2.75) is 0 Å². The second-order valence-electron chi connectivity index (χ2n) is 2.16. The zero-order valence-corrected chi connectivity index (χ0v) is 5.87. The minimum absolute atomic E-state index is 0.414. The number of aromatic carboxylic acids is 1. The Balaban J connectivity index is 3.20. The molecule has 0 aliphatic heterocycles. The minimum Gasteiger partial charge on any atom is -0.545 e. The highest BCUT2D eigenvalue weighted by atomic mass is 19.1. The van der Waals surface area contributed by atoms with Crippen LogP contribution in [0.5, 0.6) is 0 Å². The number of carbonyl (C=O) groups excluding carboxylic acids is 1. The van der Waals surface area contributed by atoms with Crippen molar-refractivity contribution in [1.82, 2.24) is 0 Å². The number of carboxylic acid groups (broad SMARTS) is 1. The molecule has 0 amide bonds. The van der Waals surface area contributed by atoms with Crippen molar-refractivity contribution in [3.8, 4) is 0 Å². The van der Waals surface area contributed by atoms with E-state index in [0.29, 0.717) is 0 Å². The van der Waals surface area contributed by atoms with E-state index in [2.05, 4.69) is 0 Å². The summed E-state index contributed by atoms with van der Waals surface area (Å²) in [6.07, 6.45) is 2.51. The van der Waals surface area contributed by atoms with Crippen LogP contribution in [0.2, 0.25) is 0 Å². The molecule has 1 aromatic heterocycles. The van der Waals surface area contributed by atoms with Crippen molar-refractivity contribution in [2.75, 3.05) is 0 Å². The summed E-state index contributed by atoms with van der Waals surface area (Å²) in [7, 11) is 1.60. The van der Waals surface area contributed by atoms with Crippen LogP contribution in [-0.2, 0) is 7.05 Å². The summed E-state index contributed by atoms with van der Waals surface area (Å²) in [5.41, 5.74) is -0.414. The molecule has 0 N–H and O–H groups in total. The monoisotopic (exact) mass is 155 g/mol. The number of carboxylic acids is 1. The fourth-order valence-corrected chi connectivity index (χ4v) is 0.729. The van der Waals surface area contributed by atoms with Crippen LogP contribution in [0.1, 0.15) is 10.4 Å². The summed E-state index contributed by atoms with van der Waals surface area (Å²) < 4.78 is 14.1. The average Bonchev–Trinajstić information content (AvgIpc) is 1.85. The van der Waals surface area contributed by atoms with Gasteiger partial charge in [0, 0.05) is 11.6 Å². The topological polar surface area (TPSA) is 44.0 Å². The van der Waals surface area contributed by atoms with Crippen LogP contribution < -0.4 is 9.67 Å². The fraction of sp³-hybridized carbons (Fsp3) is 0.143. The Kier molecular flexibility index (Phi) is 1.85. The number of carbonyl (C=O) groups is 1. The van der Waals surface area contributed by atoms with Crippen LogP contribution in [0.15, 0.2) is 18.5 Å². The number of halogens is 1. The lowest BCUT2D eigenvalue weighted by atomic mass is 10.2. The maximum atomic E-state index is 12.7. The zero-order valence-electron chi connectivity index (χ0n) is 5.87. The largest absolute Gasteiger partial charge is 0.545 e. The van der Waals surface area contributed by atoms with Crippen LogP contribution in [-0.4, -0.2) is 5.97 Å². The second-order valence-corrected chi connectivity index (χ2v) is 2.16. The van der Waals surface area contributed by atoms with Crippen LogP contribution >= 0.6 is 0 Å². The molecular weight excluding hydrogens is 149 g/mol. The summed E-state index contributed by atoms with van der Waals surface area (Å²) in [4.78, 5) is 10.2. The Morgan fingerprint density at radius 1 is 1.73 bits per heavy atom. The molecule has 0 atom stereocenters. The van der Waals surface area contributed by atoms with Gasteiger partial charge in [0.2, 0.25) is 6.20 Å². The first-order valence-corrected chi connectivity index (χ1v) is 2.97. The first kappa shape index (κ1) is 7.65. The first-order valence-electron chi connectivity index (χ1n) is 2.97. The standard InChI is InChI=1S/C7H6FNO2/c1-9-3-2-5(7(10)11)6(8)4-9/h2-4H,1H3. The molecule has 1 aromatic rings. The molecule has 0 bridgehead atoms. The van der Waals surface area contributed by atoms with Gasteiger partial charge in [-0.1, -0.05) is 0 Å². The SMILES string of the molecule is C[n+]1ccc(C(=O)[O-])c(F)c1. The third kappa shape index (κ3) is 1.52. The van der Waals surface area contributed by atoms with E-state index in [0.717, 1.165) is 12.3 Å². The van der Waals surface area contributed by atoms with Crippen molar-refractivity contribution in [3.05, 3.63) is 29.8 Å². The van der Waals surface area contributed by atoms with Gasteiger partial charge in [0.1, 0.15) is 7.05 Å². The molecule has 0 unspecified atom stereocenters. The second kappa shape index (κ2) is 2.65. The fourth-order valence-electron chi connectivity index (χ4n) is 0.729. The lowest BCUT2D eigenvalue weighted by Crippen LogP contribution is -2.31. The van der Waals surface area contributed by atoms with E-state index in [4.69, 9.17) is 0 Å². The van der Waals surface area contributed by atoms with E-state index in [1.807, 2.05) is 0 Å². The zero-order chi connectivity index (χ0) is 8.43. The molecule has 1 rings (SSSR count). The van der Waals surface area contributed by atoms with E-state index in [9.17, 15) is 14.3 Å². The molecule has 0 saturated heterocycles. The molecule has 3 nitrogen and oxygen atoms in total.